The zero-order valence-electron chi connectivity index (χ0n) is 23.9. The summed E-state index contributed by atoms with van der Waals surface area (Å²) in [6, 6.07) is 9.14. The number of nitrogens with one attached hydrogen (secondary N) is 2. The average Bonchev–Trinajstić information content (AvgIpc) is 2.80. The van der Waals surface area contributed by atoms with E-state index in [2.05, 4.69) is 76.2 Å². The molecule has 2 N–H and O–H groups in total. The second-order valence-electron chi connectivity index (χ2n) is 11.6. The maximum absolute atomic E-state index is 11.6. The van der Waals surface area contributed by atoms with Gasteiger partial charge in [-0.05, 0) is 37.8 Å². The van der Waals surface area contributed by atoms with Crippen LogP contribution in [0.15, 0.2) is 48.6 Å². The summed E-state index contributed by atoms with van der Waals surface area (Å²) in [6.07, 6.45) is 6.45. The van der Waals surface area contributed by atoms with Crippen LogP contribution in [0.2, 0.25) is 0 Å². The molecule has 6 nitrogen and oxygen atoms in total. The third kappa shape index (κ3) is 14.2. The molecule has 0 saturated heterocycles. The lowest BCUT2D eigenvalue weighted by atomic mass is 10.0. The van der Waals surface area contributed by atoms with Gasteiger partial charge in [-0.25, -0.2) is 0 Å². The highest BCUT2D eigenvalue weighted by Gasteiger charge is 2.16. The first kappa shape index (κ1) is 31.6. The van der Waals surface area contributed by atoms with Crippen molar-refractivity contribution in [3.63, 3.8) is 0 Å². The van der Waals surface area contributed by atoms with E-state index in [4.69, 9.17) is 0 Å². The predicted molar refractivity (Wildman–Crippen MR) is 152 cm³/mol. The van der Waals surface area contributed by atoms with E-state index in [0.717, 1.165) is 73.7 Å². The molecule has 202 valence electrons. The van der Waals surface area contributed by atoms with Crippen LogP contribution in [0.1, 0.15) is 50.7 Å². The molecule has 0 aliphatic rings. The van der Waals surface area contributed by atoms with Gasteiger partial charge in [0.25, 0.3) is 0 Å². The van der Waals surface area contributed by atoms with Crippen LogP contribution in [0.5, 0.6) is 0 Å². The summed E-state index contributed by atoms with van der Waals surface area (Å²) in [5.74, 6) is -0.0967. The number of hydrogen-bond donors (Lipinski definition) is 2. The molecule has 0 heterocycles. The van der Waals surface area contributed by atoms with E-state index in [1.165, 1.54) is 11.1 Å². The van der Waals surface area contributed by atoms with E-state index in [1.54, 1.807) is 13.8 Å². The maximum atomic E-state index is 11.6. The van der Waals surface area contributed by atoms with Crippen molar-refractivity contribution in [1.82, 2.24) is 10.6 Å². The number of quaternary nitrogens is 2. The molecular formula is C30H52N4O2+2. The van der Waals surface area contributed by atoms with Gasteiger partial charge < -0.3 is 19.6 Å². The molecule has 36 heavy (non-hydrogen) atoms. The van der Waals surface area contributed by atoms with Gasteiger partial charge in [0, 0.05) is 49.9 Å². The molecule has 0 atom stereocenters. The average molecular weight is 501 g/mol. The van der Waals surface area contributed by atoms with Crippen molar-refractivity contribution in [3.05, 3.63) is 59.7 Å². The topological polar surface area (TPSA) is 58.2 Å². The molecule has 0 radical (unpaired) electrons. The van der Waals surface area contributed by atoms with Crippen LogP contribution >= 0.6 is 0 Å². The lowest BCUT2D eigenvalue weighted by Gasteiger charge is -2.30. The van der Waals surface area contributed by atoms with E-state index in [1.807, 2.05) is 0 Å². The molecule has 1 aromatic rings. The van der Waals surface area contributed by atoms with Crippen molar-refractivity contribution in [2.24, 2.45) is 0 Å². The normalized spacial score (nSPS) is 11.7. The van der Waals surface area contributed by atoms with Crippen LogP contribution in [0, 0.1) is 0 Å². The van der Waals surface area contributed by atoms with Crippen LogP contribution in [0.4, 0.5) is 0 Å². The van der Waals surface area contributed by atoms with Gasteiger partial charge in [0.05, 0.1) is 54.4 Å². The Morgan fingerprint density at radius 2 is 0.944 bits per heavy atom. The lowest BCUT2D eigenvalue weighted by molar-refractivity contribution is -0.890. The van der Waals surface area contributed by atoms with Crippen molar-refractivity contribution >= 4 is 11.8 Å². The fourth-order valence-electron chi connectivity index (χ4n) is 4.24. The summed E-state index contributed by atoms with van der Waals surface area (Å²) in [4.78, 5) is 23.2. The van der Waals surface area contributed by atoms with Gasteiger partial charge in [0.15, 0.2) is 0 Å². The maximum Gasteiger partial charge on any atom is 0.246 e. The quantitative estimate of drug-likeness (QED) is 0.183. The minimum Gasteiger partial charge on any atom is -0.352 e. The number of hydrogen-bond acceptors (Lipinski definition) is 2. The highest BCUT2D eigenvalue weighted by molar-refractivity contribution is 5.92. The highest BCUT2D eigenvalue weighted by atomic mass is 16.2. The molecule has 0 bridgehead atoms. The molecular weight excluding hydrogens is 448 g/mol. The van der Waals surface area contributed by atoms with Gasteiger partial charge in [0.2, 0.25) is 11.8 Å². The molecule has 0 unspecified atom stereocenters. The number of carbonyl (C=O) groups excluding carboxylic acids is 2. The molecule has 6 heteroatoms. The predicted octanol–water partition coefficient (Wildman–Crippen LogP) is 3.87. The van der Waals surface area contributed by atoms with Gasteiger partial charge in [-0.3, -0.25) is 9.59 Å². The molecule has 2 amide bonds. The Morgan fingerprint density at radius 3 is 1.25 bits per heavy atom. The largest absolute Gasteiger partial charge is 0.352 e. The third-order valence-electron chi connectivity index (χ3n) is 6.71. The summed E-state index contributed by atoms with van der Waals surface area (Å²) < 4.78 is 1.94. The van der Waals surface area contributed by atoms with Crippen LogP contribution < -0.4 is 10.6 Å². The van der Waals surface area contributed by atoms with E-state index < -0.39 is 0 Å². The van der Waals surface area contributed by atoms with Gasteiger partial charge in [-0.1, -0.05) is 37.4 Å². The summed E-state index contributed by atoms with van der Waals surface area (Å²) in [7, 11) is 9.06. The first-order chi connectivity index (χ1) is 16.8. The monoisotopic (exact) mass is 500 g/mol. The Labute approximate surface area is 220 Å². The number of rotatable bonds is 18. The van der Waals surface area contributed by atoms with Crippen LogP contribution in [-0.2, 0) is 22.4 Å². The first-order valence-corrected chi connectivity index (χ1v) is 13.4. The van der Waals surface area contributed by atoms with Gasteiger partial charge in [-0.2, -0.15) is 0 Å². The number of amides is 2. The molecule has 1 aromatic carbocycles. The second-order valence-corrected chi connectivity index (χ2v) is 11.6. The minimum absolute atomic E-state index is 0.0483. The lowest BCUT2D eigenvalue weighted by Crippen LogP contribution is -2.42. The van der Waals surface area contributed by atoms with E-state index in [0.29, 0.717) is 24.2 Å². The molecule has 0 aromatic heterocycles. The van der Waals surface area contributed by atoms with Crippen molar-refractivity contribution < 1.29 is 18.6 Å². The highest BCUT2D eigenvalue weighted by Crippen LogP contribution is 2.12. The van der Waals surface area contributed by atoms with Crippen LogP contribution in [0.25, 0.3) is 0 Å². The molecule has 0 saturated carbocycles. The Balaban J connectivity index is 2.26. The fraction of sp³-hybridized carbons (Fsp3) is 0.600. The van der Waals surface area contributed by atoms with Crippen molar-refractivity contribution in [1.29, 1.82) is 0 Å². The summed E-state index contributed by atoms with van der Waals surface area (Å²) in [5.41, 5.74) is 3.94. The smallest absolute Gasteiger partial charge is 0.246 e. The van der Waals surface area contributed by atoms with E-state index >= 15 is 0 Å². The molecule has 1 rings (SSSR count). The minimum atomic E-state index is -0.0483. The number of nitrogens with zero attached hydrogens (tertiary/aromatic N) is 2. The summed E-state index contributed by atoms with van der Waals surface area (Å²) in [6.45, 7) is 16.6. The third-order valence-corrected chi connectivity index (χ3v) is 6.71. The Morgan fingerprint density at radius 1 is 0.639 bits per heavy atom. The molecule has 0 fully saturated rings. The standard InChI is InChI=1S/C30H50N4O2/c1-25(2)29(35)31-19-11-23-33(5,6)21-9-13-27-15-17-28(18-16-27)14-10-22-34(7,8)24-12-20-32-30(36)26(3)4/h15-18H,1,3,9-14,19-24H2,2,4-8H3/p+2. The van der Waals surface area contributed by atoms with Crippen LogP contribution in [0.3, 0.4) is 0 Å². The van der Waals surface area contributed by atoms with Gasteiger partial charge in [0.1, 0.15) is 0 Å². The zero-order valence-corrected chi connectivity index (χ0v) is 23.9. The molecule has 0 aliphatic carbocycles. The summed E-state index contributed by atoms with van der Waals surface area (Å²) >= 11 is 0. The number of carbonyl (C=O) groups is 2. The number of aryl methyl sites for hydroxylation is 2. The fourth-order valence-corrected chi connectivity index (χ4v) is 4.24. The summed E-state index contributed by atoms with van der Waals surface area (Å²) in [5, 5.41) is 5.83. The Kier molecular flexibility index (Phi) is 13.7. The molecule has 0 spiro atoms. The Bertz CT molecular complexity index is 785. The number of benzene rings is 1. The van der Waals surface area contributed by atoms with E-state index in [9.17, 15) is 9.59 Å². The second kappa shape index (κ2) is 15.6. The van der Waals surface area contributed by atoms with E-state index in [-0.39, 0.29) is 11.8 Å². The van der Waals surface area contributed by atoms with Crippen LogP contribution in [-0.4, -0.2) is 88.2 Å². The Hall–Kier alpha value is -2.44. The SMILES string of the molecule is C=C(C)C(=O)NCCC[N+](C)(C)CCCc1ccc(CCC[N+](C)(C)CCCNC(=O)C(=C)C)cc1. The van der Waals surface area contributed by atoms with Crippen molar-refractivity contribution in [3.8, 4) is 0 Å². The van der Waals surface area contributed by atoms with Crippen molar-refractivity contribution in [2.75, 3.05) is 67.5 Å². The van der Waals surface area contributed by atoms with Crippen molar-refractivity contribution in [2.45, 2.75) is 52.4 Å². The zero-order chi connectivity index (χ0) is 27.2. The van der Waals surface area contributed by atoms with Gasteiger partial charge in [-0.15, -0.1) is 0 Å². The first-order valence-electron chi connectivity index (χ1n) is 13.4. The molecule has 0 aliphatic heterocycles. The van der Waals surface area contributed by atoms with Gasteiger partial charge >= 0.3 is 0 Å².